The van der Waals surface area contributed by atoms with E-state index in [1.54, 1.807) is 0 Å². The highest BCUT2D eigenvalue weighted by molar-refractivity contribution is 9.10. The molecule has 12 heavy (non-hydrogen) atoms. The van der Waals surface area contributed by atoms with E-state index in [1.165, 1.54) is 11.1 Å². The fraction of sp³-hybridized carbons (Fsp3) is 0.333. The maximum atomic E-state index is 5.76. The highest BCUT2D eigenvalue weighted by atomic mass is 79.9. The van der Waals surface area contributed by atoms with Crippen molar-refractivity contribution in [2.45, 2.75) is 19.9 Å². The molecule has 0 bridgehead atoms. The van der Waals surface area contributed by atoms with Crippen molar-refractivity contribution in [3.63, 3.8) is 0 Å². The van der Waals surface area contributed by atoms with Crippen molar-refractivity contribution in [2.24, 2.45) is 5.73 Å². The summed E-state index contributed by atoms with van der Waals surface area (Å²) in [6.07, 6.45) is 0. The van der Waals surface area contributed by atoms with Gasteiger partial charge in [-0.15, -0.1) is 12.4 Å². The monoisotopic (exact) mass is 249 g/mol. The van der Waals surface area contributed by atoms with Crippen LogP contribution in [0.5, 0.6) is 0 Å². The third kappa shape index (κ3) is 2.47. The Morgan fingerprint density at radius 2 is 2.00 bits per heavy atom. The molecular formula is C9H13BrClN. The number of rotatable bonds is 1. The molecule has 1 rings (SSSR count). The van der Waals surface area contributed by atoms with Gasteiger partial charge in [-0.1, -0.05) is 28.1 Å². The molecule has 0 unspecified atom stereocenters. The second-order valence-electron chi connectivity index (χ2n) is 2.74. The zero-order chi connectivity index (χ0) is 8.43. The van der Waals surface area contributed by atoms with E-state index in [2.05, 4.69) is 28.9 Å². The third-order valence-electron chi connectivity index (χ3n) is 1.80. The molecule has 0 saturated heterocycles. The first kappa shape index (κ1) is 11.9. The van der Waals surface area contributed by atoms with E-state index in [4.69, 9.17) is 5.73 Å². The van der Waals surface area contributed by atoms with Gasteiger partial charge in [0.05, 0.1) is 0 Å². The first-order chi connectivity index (χ1) is 5.13. The summed E-state index contributed by atoms with van der Waals surface area (Å²) in [4.78, 5) is 0. The van der Waals surface area contributed by atoms with Gasteiger partial charge in [0.25, 0.3) is 0 Å². The highest BCUT2D eigenvalue weighted by Crippen LogP contribution is 2.22. The molecule has 0 saturated carbocycles. The molecule has 0 fully saturated rings. The number of benzene rings is 1. The van der Waals surface area contributed by atoms with Crippen molar-refractivity contribution in [1.29, 1.82) is 0 Å². The summed E-state index contributed by atoms with van der Waals surface area (Å²) in [6.45, 7) is 4.07. The van der Waals surface area contributed by atoms with Gasteiger partial charge < -0.3 is 5.73 Å². The summed E-state index contributed by atoms with van der Waals surface area (Å²) in [6, 6.07) is 6.22. The Bertz CT molecular complexity index is 261. The molecule has 0 heterocycles. The van der Waals surface area contributed by atoms with E-state index in [0.717, 1.165) is 4.47 Å². The van der Waals surface area contributed by atoms with Crippen LogP contribution in [-0.4, -0.2) is 0 Å². The van der Waals surface area contributed by atoms with Crippen LogP contribution >= 0.6 is 28.3 Å². The van der Waals surface area contributed by atoms with Gasteiger partial charge in [-0.05, 0) is 31.0 Å². The molecule has 0 aromatic heterocycles. The van der Waals surface area contributed by atoms with Gasteiger partial charge in [0.2, 0.25) is 0 Å². The molecule has 2 N–H and O–H groups in total. The van der Waals surface area contributed by atoms with Crippen LogP contribution in [0.4, 0.5) is 0 Å². The second-order valence-corrected chi connectivity index (χ2v) is 3.60. The Labute approximate surface area is 87.9 Å². The first-order valence-corrected chi connectivity index (χ1v) is 4.43. The Morgan fingerprint density at radius 3 is 2.42 bits per heavy atom. The molecule has 1 nitrogen and oxygen atoms in total. The molecule has 0 radical (unpaired) electrons. The van der Waals surface area contributed by atoms with Crippen molar-refractivity contribution in [3.8, 4) is 0 Å². The van der Waals surface area contributed by atoms with E-state index in [0.29, 0.717) is 0 Å². The van der Waals surface area contributed by atoms with Gasteiger partial charge in [0.15, 0.2) is 0 Å². The molecule has 0 aliphatic rings. The topological polar surface area (TPSA) is 26.0 Å². The maximum absolute atomic E-state index is 5.76. The van der Waals surface area contributed by atoms with Crippen LogP contribution in [0, 0.1) is 6.92 Å². The van der Waals surface area contributed by atoms with Crippen molar-refractivity contribution in [2.75, 3.05) is 0 Å². The Kier molecular flexibility index (Phi) is 4.83. The van der Waals surface area contributed by atoms with Crippen LogP contribution in [0.25, 0.3) is 0 Å². The van der Waals surface area contributed by atoms with Crippen LogP contribution in [0.15, 0.2) is 22.7 Å². The van der Waals surface area contributed by atoms with Crippen LogP contribution in [0.1, 0.15) is 24.1 Å². The lowest BCUT2D eigenvalue weighted by molar-refractivity contribution is 0.809. The second kappa shape index (κ2) is 4.85. The Hall–Kier alpha value is -0.0500. The van der Waals surface area contributed by atoms with Crippen LogP contribution in [-0.2, 0) is 0 Å². The lowest BCUT2D eigenvalue weighted by Gasteiger charge is -2.10. The smallest absolute Gasteiger partial charge is 0.0269 e. The Morgan fingerprint density at radius 1 is 1.42 bits per heavy atom. The summed E-state index contributed by atoms with van der Waals surface area (Å²) >= 11 is 3.46. The highest BCUT2D eigenvalue weighted by Gasteiger charge is 2.04. The van der Waals surface area contributed by atoms with E-state index in [1.807, 2.05) is 19.1 Å². The Balaban J connectivity index is 0.00000121. The molecule has 68 valence electrons. The minimum Gasteiger partial charge on any atom is -0.324 e. The van der Waals surface area contributed by atoms with E-state index >= 15 is 0 Å². The SMILES string of the molecule is Cc1c(Br)cccc1[C@@H](C)N.Cl. The average molecular weight is 251 g/mol. The third-order valence-corrected chi connectivity index (χ3v) is 2.66. The number of hydrogen-bond donors (Lipinski definition) is 1. The minimum absolute atomic E-state index is 0. The number of hydrogen-bond acceptors (Lipinski definition) is 1. The largest absolute Gasteiger partial charge is 0.324 e. The van der Waals surface area contributed by atoms with Gasteiger partial charge in [-0.2, -0.15) is 0 Å². The molecule has 1 aromatic carbocycles. The van der Waals surface area contributed by atoms with Gasteiger partial charge in [0, 0.05) is 10.5 Å². The molecule has 3 heteroatoms. The van der Waals surface area contributed by atoms with E-state index in [-0.39, 0.29) is 18.4 Å². The van der Waals surface area contributed by atoms with Crippen molar-refractivity contribution in [1.82, 2.24) is 0 Å². The molecule has 0 aliphatic heterocycles. The summed E-state index contributed by atoms with van der Waals surface area (Å²) < 4.78 is 1.13. The average Bonchev–Trinajstić information content (AvgIpc) is 1.94. The van der Waals surface area contributed by atoms with Crippen molar-refractivity contribution >= 4 is 28.3 Å². The number of nitrogens with two attached hydrogens (primary N) is 1. The summed E-state index contributed by atoms with van der Waals surface area (Å²) in [5, 5.41) is 0. The zero-order valence-electron chi connectivity index (χ0n) is 7.17. The van der Waals surface area contributed by atoms with Gasteiger partial charge in [-0.3, -0.25) is 0 Å². The van der Waals surface area contributed by atoms with Gasteiger partial charge >= 0.3 is 0 Å². The predicted molar refractivity (Wildman–Crippen MR) is 58.7 cm³/mol. The van der Waals surface area contributed by atoms with Gasteiger partial charge in [0.1, 0.15) is 0 Å². The predicted octanol–water partition coefficient (Wildman–Crippen LogP) is 3.20. The lowest BCUT2D eigenvalue weighted by Crippen LogP contribution is -2.06. The maximum Gasteiger partial charge on any atom is 0.0269 e. The molecule has 1 aromatic rings. The van der Waals surface area contributed by atoms with Gasteiger partial charge in [-0.25, -0.2) is 0 Å². The van der Waals surface area contributed by atoms with E-state index in [9.17, 15) is 0 Å². The van der Waals surface area contributed by atoms with Crippen molar-refractivity contribution < 1.29 is 0 Å². The molecule has 0 spiro atoms. The number of halogens is 2. The fourth-order valence-electron chi connectivity index (χ4n) is 1.12. The van der Waals surface area contributed by atoms with Crippen molar-refractivity contribution in [3.05, 3.63) is 33.8 Å². The normalized spacial score (nSPS) is 12.0. The zero-order valence-corrected chi connectivity index (χ0v) is 9.58. The minimum atomic E-state index is 0. The lowest BCUT2D eigenvalue weighted by atomic mass is 10.0. The summed E-state index contributed by atoms with van der Waals surface area (Å²) in [5.41, 5.74) is 8.21. The fourth-order valence-corrected chi connectivity index (χ4v) is 1.50. The first-order valence-electron chi connectivity index (χ1n) is 3.63. The summed E-state index contributed by atoms with van der Waals surface area (Å²) in [5.74, 6) is 0. The molecular weight excluding hydrogens is 237 g/mol. The van der Waals surface area contributed by atoms with Crippen LogP contribution in [0.2, 0.25) is 0 Å². The standard InChI is InChI=1S/C9H12BrN.ClH/c1-6-8(7(2)11)4-3-5-9(6)10;/h3-5,7H,11H2,1-2H3;1H/t7-;/m1./s1. The van der Waals surface area contributed by atoms with Crippen LogP contribution in [0.3, 0.4) is 0 Å². The summed E-state index contributed by atoms with van der Waals surface area (Å²) in [7, 11) is 0. The van der Waals surface area contributed by atoms with Crippen LogP contribution < -0.4 is 5.73 Å². The molecule has 0 aliphatic carbocycles. The quantitative estimate of drug-likeness (QED) is 0.814. The molecule has 0 amide bonds. The molecule has 1 atom stereocenters. The van der Waals surface area contributed by atoms with E-state index < -0.39 is 0 Å².